The Hall–Kier alpha value is -2.62. The van der Waals surface area contributed by atoms with E-state index in [1.165, 1.54) is 5.56 Å². The van der Waals surface area contributed by atoms with Crippen LogP contribution in [0.25, 0.3) is 0 Å². The molecule has 2 aromatic carbocycles. The van der Waals surface area contributed by atoms with Crippen molar-refractivity contribution in [2.75, 3.05) is 13.2 Å². The fourth-order valence-electron chi connectivity index (χ4n) is 2.18. The summed E-state index contributed by atoms with van der Waals surface area (Å²) in [6, 6.07) is 19.4. The summed E-state index contributed by atoms with van der Waals surface area (Å²) in [5.74, 6) is -0.657. The molecule has 120 valence electrons. The van der Waals surface area contributed by atoms with Gasteiger partial charge in [-0.15, -0.1) is 0 Å². The van der Waals surface area contributed by atoms with Gasteiger partial charge in [0.2, 0.25) is 0 Å². The van der Waals surface area contributed by atoms with E-state index in [2.05, 4.69) is 17.4 Å². The van der Waals surface area contributed by atoms with Gasteiger partial charge in [-0.2, -0.15) is 0 Å². The molecule has 0 saturated heterocycles. The van der Waals surface area contributed by atoms with E-state index >= 15 is 0 Å². The Kier molecular flexibility index (Phi) is 6.85. The Morgan fingerprint density at radius 2 is 1.48 bits per heavy atom. The summed E-state index contributed by atoms with van der Waals surface area (Å²) in [7, 11) is 0. The smallest absolute Gasteiger partial charge is 0.310 e. The quantitative estimate of drug-likeness (QED) is 0.602. The van der Waals surface area contributed by atoms with Crippen molar-refractivity contribution in [1.82, 2.24) is 5.32 Å². The number of hydrogen-bond acceptors (Lipinski definition) is 3. The molecule has 4 heteroatoms. The second-order valence-corrected chi connectivity index (χ2v) is 5.26. The Morgan fingerprint density at radius 1 is 0.870 bits per heavy atom. The molecular weight excluding hydrogens is 290 g/mol. The number of carbonyl (C=O) groups excluding carboxylic acids is 2. The van der Waals surface area contributed by atoms with Crippen molar-refractivity contribution in [3.05, 3.63) is 71.8 Å². The predicted molar refractivity (Wildman–Crippen MR) is 88.9 cm³/mol. The minimum atomic E-state index is -0.393. The zero-order valence-corrected chi connectivity index (χ0v) is 13.0. The lowest BCUT2D eigenvalue weighted by atomic mass is 10.1. The van der Waals surface area contributed by atoms with Gasteiger partial charge in [-0.25, -0.2) is 0 Å². The van der Waals surface area contributed by atoms with Gasteiger partial charge in [-0.1, -0.05) is 60.7 Å². The predicted octanol–water partition coefficient (Wildman–Crippen LogP) is 2.52. The first kappa shape index (κ1) is 16.7. The average molecular weight is 311 g/mol. The lowest BCUT2D eigenvalue weighted by Gasteiger charge is -2.07. The highest BCUT2D eigenvalue weighted by atomic mass is 16.5. The fraction of sp³-hybridized carbons (Fsp3) is 0.263. The number of amides is 1. The Bertz CT molecular complexity index is 611. The zero-order chi connectivity index (χ0) is 16.3. The minimum Gasteiger partial charge on any atom is -0.455 e. The third-order valence-corrected chi connectivity index (χ3v) is 3.36. The van der Waals surface area contributed by atoms with Gasteiger partial charge in [0.15, 0.2) is 6.61 Å². The van der Waals surface area contributed by atoms with Crippen molar-refractivity contribution in [2.24, 2.45) is 0 Å². The first-order chi connectivity index (χ1) is 11.2. The van der Waals surface area contributed by atoms with Crippen LogP contribution in [-0.2, 0) is 27.2 Å². The van der Waals surface area contributed by atoms with E-state index in [1.807, 2.05) is 48.5 Å². The van der Waals surface area contributed by atoms with Crippen LogP contribution < -0.4 is 5.32 Å². The van der Waals surface area contributed by atoms with E-state index < -0.39 is 5.97 Å². The Labute approximate surface area is 136 Å². The second-order valence-electron chi connectivity index (χ2n) is 5.26. The minimum absolute atomic E-state index is 0.183. The van der Waals surface area contributed by atoms with Crippen LogP contribution in [0.4, 0.5) is 0 Å². The van der Waals surface area contributed by atoms with Crippen molar-refractivity contribution in [2.45, 2.75) is 19.3 Å². The maximum absolute atomic E-state index is 11.6. The summed E-state index contributed by atoms with van der Waals surface area (Å²) in [4.78, 5) is 23.3. The first-order valence-electron chi connectivity index (χ1n) is 7.74. The molecule has 2 aromatic rings. The number of rotatable bonds is 8. The Balaban J connectivity index is 1.57. The van der Waals surface area contributed by atoms with Crippen LogP contribution in [0.2, 0.25) is 0 Å². The summed E-state index contributed by atoms with van der Waals surface area (Å²) in [6.45, 7) is 0.348. The maximum atomic E-state index is 11.6. The molecule has 0 unspecified atom stereocenters. The molecule has 0 aliphatic rings. The summed E-state index contributed by atoms with van der Waals surface area (Å²) in [5, 5.41) is 2.76. The van der Waals surface area contributed by atoms with Gasteiger partial charge >= 0.3 is 5.97 Å². The van der Waals surface area contributed by atoms with Crippen molar-refractivity contribution >= 4 is 11.9 Å². The molecule has 23 heavy (non-hydrogen) atoms. The van der Waals surface area contributed by atoms with E-state index in [-0.39, 0.29) is 18.9 Å². The van der Waals surface area contributed by atoms with Crippen LogP contribution in [-0.4, -0.2) is 25.0 Å². The van der Waals surface area contributed by atoms with Gasteiger partial charge < -0.3 is 10.1 Å². The van der Waals surface area contributed by atoms with Crippen LogP contribution in [0.5, 0.6) is 0 Å². The molecule has 1 N–H and O–H groups in total. The fourth-order valence-corrected chi connectivity index (χ4v) is 2.18. The molecular formula is C19H21NO3. The van der Waals surface area contributed by atoms with Crippen molar-refractivity contribution < 1.29 is 14.3 Å². The van der Waals surface area contributed by atoms with Crippen molar-refractivity contribution in [1.29, 1.82) is 0 Å². The van der Waals surface area contributed by atoms with Crippen LogP contribution in [0.3, 0.4) is 0 Å². The van der Waals surface area contributed by atoms with E-state index in [0.717, 1.165) is 18.4 Å². The number of benzene rings is 2. The molecule has 1 amide bonds. The highest BCUT2D eigenvalue weighted by molar-refractivity contribution is 5.81. The number of aryl methyl sites for hydroxylation is 1. The average Bonchev–Trinajstić information content (AvgIpc) is 2.59. The third-order valence-electron chi connectivity index (χ3n) is 3.36. The summed E-state index contributed by atoms with van der Waals surface area (Å²) < 4.78 is 4.97. The maximum Gasteiger partial charge on any atom is 0.310 e. The van der Waals surface area contributed by atoms with Crippen LogP contribution in [0.15, 0.2) is 60.7 Å². The van der Waals surface area contributed by atoms with Gasteiger partial charge in [0.1, 0.15) is 0 Å². The van der Waals surface area contributed by atoms with E-state index in [0.29, 0.717) is 6.54 Å². The van der Waals surface area contributed by atoms with Gasteiger partial charge in [0.05, 0.1) is 6.42 Å². The largest absolute Gasteiger partial charge is 0.455 e. The molecule has 0 atom stereocenters. The van der Waals surface area contributed by atoms with E-state index in [9.17, 15) is 9.59 Å². The zero-order valence-electron chi connectivity index (χ0n) is 13.0. The summed E-state index contributed by atoms with van der Waals surface area (Å²) in [5.41, 5.74) is 2.12. The third kappa shape index (κ3) is 6.78. The topological polar surface area (TPSA) is 55.4 Å². The second kappa shape index (κ2) is 9.41. The molecule has 2 rings (SSSR count). The molecule has 0 aliphatic heterocycles. The number of esters is 1. The van der Waals surface area contributed by atoms with Gasteiger partial charge in [0, 0.05) is 6.54 Å². The highest BCUT2D eigenvalue weighted by Crippen LogP contribution is 2.02. The standard InChI is InChI=1S/C19H21NO3/c21-18(20-13-7-12-16-8-3-1-4-9-16)15-23-19(22)14-17-10-5-2-6-11-17/h1-6,8-11H,7,12-15H2,(H,20,21). The SMILES string of the molecule is O=C(COC(=O)Cc1ccccc1)NCCCc1ccccc1. The molecule has 0 bridgehead atoms. The Morgan fingerprint density at radius 3 is 2.13 bits per heavy atom. The number of ether oxygens (including phenoxy) is 1. The molecule has 0 spiro atoms. The van der Waals surface area contributed by atoms with Crippen LogP contribution in [0, 0.1) is 0 Å². The first-order valence-corrected chi connectivity index (χ1v) is 7.74. The molecule has 0 heterocycles. The number of hydrogen-bond donors (Lipinski definition) is 1. The molecule has 0 aromatic heterocycles. The lowest BCUT2D eigenvalue weighted by Crippen LogP contribution is -2.30. The van der Waals surface area contributed by atoms with Crippen LogP contribution >= 0.6 is 0 Å². The highest BCUT2D eigenvalue weighted by Gasteiger charge is 2.08. The number of nitrogens with one attached hydrogen (secondary N) is 1. The van der Waals surface area contributed by atoms with Crippen molar-refractivity contribution in [3.63, 3.8) is 0 Å². The van der Waals surface area contributed by atoms with Gasteiger partial charge in [0.25, 0.3) is 5.91 Å². The molecule has 0 aliphatic carbocycles. The number of carbonyl (C=O) groups is 2. The normalized spacial score (nSPS) is 10.1. The molecule has 0 radical (unpaired) electrons. The summed E-state index contributed by atoms with van der Waals surface area (Å²) in [6.07, 6.45) is 1.95. The monoisotopic (exact) mass is 311 g/mol. The molecule has 0 fully saturated rings. The summed E-state index contributed by atoms with van der Waals surface area (Å²) >= 11 is 0. The van der Waals surface area contributed by atoms with Gasteiger partial charge in [-0.05, 0) is 24.0 Å². The molecule has 0 saturated carbocycles. The van der Waals surface area contributed by atoms with E-state index in [1.54, 1.807) is 0 Å². The van der Waals surface area contributed by atoms with Crippen molar-refractivity contribution in [3.8, 4) is 0 Å². The van der Waals surface area contributed by atoms with Gasteiger partial charge in [-0.3, -0.25) is 9.59 Å². The van der Waals surface area contributed by atoms with E-state index in [4.69, 9.17) is 4.74 Å². The van der Waals surface area contributed by atoms with Crippen LogP contribution in [0.1, 0.15) is 17.5 Å². The lowest BCUT2D eigenvalue weighted by molar-refractivity contribution is -0.147. The molecule has 4 nitrogen and oxygen atoms in total.